The Morgan fingerprint density at radius 2 is 1.85 bits per heavy atom. The van der Waals surface area contributed by atoms with E-state index >= 15 is 0 Å². The zero-order valence-corrected chi connectivity index (χ0v) is 13.7. The smallest absolute Gasteiger partial charge is 0.154 e. The molecular weight excluding hydrogens is 270 g/mol. The SMILES string of the molecule is Cc1cc(C)c(C(C)NCC2CCCS2(=O)=O)cc1C. The highest BCUT2D eigenvalue weighted by atomic mass is 32.2. The van der Waals surface area contributed by atoms with E-state index in [1.54, 1.807) is 0 Å². The van der Waals surface area contributed by atoms with Crippen LogP contribution in [-0.2, 0) is 9.84 Å². The first-order valence-corrected chi connectivity index (χ1v) is 9.05. The number of hydrogen-bond donors (Lipinski definition) is 1. The molecular formula is C16H25NO2S. The summed E-state index contributed by atoms with van der Waals surface area (Å²) in [5.41, 5.74) is 5.12. The maximum atomic E-state index is 11.8. The highest BCUT2D eigenvalue weighted by Crippen LogP contribution is 2.23. The Balaban J connectivity index is 2.06. The van der Waals surface area contributed by atoms with Crippen LogP contribution in [0.5, 0.6) is 0 Å². The average Bonchev–Trinajstić information content (AvgIpc) is 2.70. The standard InChI is InChI=1S/C16H25NO2S/c1-11-8-13(3)16(9-12(11)2)14(4)17-10-15-6-5-7-20(15,18)19/h8-9,14-15,17H,5-7,10H2,1-4H3. The average molecular weight is 295 g/mol. The lowest BCUT2D eigenvalue weighted by molar-refractivity contribution is 0.537. The molecule has 2 rings (SSSR count). The molecule has 1 heterocycles. The summed E-state index contributed by atoms with van der Waals surface area (Å²) in [4.78, 5) is 0. The first kappa shape index (κ1) is 15.5. The predicted molar refractivity (Wildman–Crippen MR) is 83.9 cm³/mol. The summed E-state index contributed by atoms with van der Waals surface area (Å²) in [7, 11) is -2.85. The molecule has 112 valence electrons. The predicted octanol–water partition coefficient (Wildman–Crippen LogP) is 2.84. The molecule has 1 aliphatic heterocycles. The molecule has 0 spiro atoms. The van der Waals surface area contributed by atoms with Gasteiger partial charge in [0.25, 0.3) is 0 Å². The summed E-state index contributed by atoms with van der Waals surface area (Å²) in [6.45, 7) is 9.03. The van der Waals surface area contributed by atoms with E-state index < -0.39 is 9.84 Å². The topological polar surface area (TPSA) is 46.2 Å². The Hall–Kier alpha value is -0.870. The van der Waals surface area contributed by atoms with E-state index in [0.29, 0.717) is 12.3 Å². The van der Waals surface area contributed by atoms with Crippen molar-refractivity contribution in [3.63, 3.8) is 0 Å². The fraction of sp³-hybridized carbons (Fsp3) is 0.625. The van der Waals surface area contributed by atoms with Crippen LogP contribution in [0.2, 0.25) is 0 Å². The molecule has 1 saturated heterocycles. The summed E-state index contributed by atoms with van der Waals surface area (Å²) in [6.07, 6.45) is 1.61. The van der Waals surface area contributed by atoms with Gasteiger partial charge in [-0.05, 0) is 62.8 Å². The Labute approximate surface area is 122 Å². The number of aryl methyl sites for hydroxylation is 3. The summed E-state index contributed by atoms with van der Waals surface area (Å²) in [6, 6.07) is 4.60. The van der Waals surface area contributed by atoms with Crippen LogP contribution >= 0.6 is 0 Å². The Morgan fingerprint density at radius 1 is 1.20 bits per heavy atom. The van der Waals surface area contributed by atoms with E-state index in [2.05, 4.69) is 45.1 Å². The molecule has 1 fully saturated rings. The second kappa shape index (κ2) is 5.86. The van der Waals surface area contributed by atoms with Gasteiger partial charge in [-0.15, -0.1) is 0 Å². The van der Waals surface area contributed by atoms with Gasteiger partial charge >= 0.3 is 0 Å². The van der Waals surface area contributed by atoms with Crippen molar-refractivity contribution < 1.29 is 8.42 Å². The monoisotopic (exact) mass is 295 g/mol. The lowest BCUT2D eigenvalue weighted by Crippen LogP contribution is -2.32. The molecule has 2 unspecified atom stereocenters. The molecule has 20 heavy (non-hydrogen) atoms. The van der Waals surface area contributed by atoms with Crippen molar-refractivity contribution in [3.8, 4) is 0 Å². The van der Waals surface area contributed by atoms with E-state index in [0.717, 1.165) is 12.8 Å². The van der Waals surface area contributed by atoms with E-state index in [1.807, 2.05) is 0 Å². The molecule has 0 aromatic heterocycles. The van der Waals surface area contributed by atoms with Crippen molar-refractivity contribution in [2.45, 2.75) is 51.8 Å². The first-order chi connectivity index (χ1) is 9.31. The van der Waals surface area contributed by atoms with Gasteiger partial charge in [-0.2, -0.15) is 0 Å². The first-order valence-electron chi connectivity index (χ1n) is 7.34. The molecule has 4 heteroatoms. The lowest BCUT2D eigenvalue weighted by Gasteiger charge is -2.20. The van der Waals surface area contributed by atoms with Crippen LogP contribution in [0, 0.1) is 20.8 Å². The van der Waals surface area contributed by atoms with Crippen LogP contribution in [0.15, 0.2) is 12.1 Å². The maximum absolute atomic E-state index is 11.8. The van der Waals surface area contributed by atoms with Crippen molar-refractivity contribution in [1.82, 2.24) is 5.32 Å². The van der Waals surface area contributed by atoms with Gasteiger partial charge in [-0.3, -0.25) is 0 Å². The summed E-state index contributed by atoms with van der Waals surface area (Å²) >= 11 is 0. The quantitative estimate of drug-likeness (QED) is 0.929. The van der Waals surface area contributed by atoms with Crippen molar-refractivity contribution >= 4 is 9.84 Å². The second-order valence-corrected chi connectivity index (χ2v) is 8.45. The van der Waals surface area contributed by atoms with E-state index in [1.165, 1.54) is 22.3 Å². The van der Waals surface area contributed by atoms with Gasteiger partial charge in [0.05, 0.1) is 11.0 Å². The molecule has 1 N–H and O–H groups in total. The van der Waals surface area contributed by atoms with E-state index in [4.69, 9.17) is 0 Å². The Bertz CT molecular complexity index is 593. The molecule has 0 bridgehead atoms. The molecule has 1 aromatic rings. The van der Waals surface area contributed by atoms with Gasteiger partial charge in [0, 0.05) is 12.6 Å². The van der Waals surface area contributed by atoms with Gasteiger partial charge in [0.1, 0.15) is 0 Å². The highest BCUT2D eigenvalue weighted by Gasteiger charge is 2.31. The third-order valence-corrected chi connectivity index (χ3v) is 6.74. The van der Waals surface area contributed by atoms with Crippen molar-refractivity contribution in [1.29, 1.82) is 0 Å². The van der Waals surface area contributed by atoms with Crippen LogP contribution in [0.25, 0.3) is 0 Å². The van der Waals surface area contributed by atoms with Gasteiger partial charge in [-0.25, -0.2) is 8.42 Å². The van der Waals surface area contributed by atoms with Gasteiger partial charge in [-0.1, -0.05) is 12.1 Å². The zero-order valence-electron chi connectivity index (χ0n) is 12.9. The number of benzene rings is 1. The van der Waals surface area contributed by atoms with E-state index in [9.17, 15) is 8.42 Å². The van der Waals surface area contributed by atoms with Crippen LogP contribution in [0.3, 0.4) is 0 Å². The molecule has 0 amide bonds. The number of hydrogen-bond acceptors (Lipinski definition) is 3. The summed E-state index contributed by atoms with van der Waals surface area (Å²) in [5, 5.41) is 3.21. The fourth-order valence-electron chi connectivity index (χ4n) is 2.95. The Morgan fingerprint density at radius 3 is 2.45 bits per heavy atom. The third kappa shape index (κ3) is 3.23. The molecule has 3 nitrogen and oxygen atoms in total. The minimum absolute atomic E-state index is 0.185. The molecule has 0 aliphatic carbocycles. The largest absolute Gasteiger partial charge is 0.309 e. The minimum atomic E-state index is -2.85. The maximum Gasteiger partial charge on any atom is 0.154 e. The number of nitrogens with one attached hydrogen (secondary N) is 1. The van der Waals surface area contributed by atoms with Gasteiger partial charge in [0.15, 0.2) is 9.84 Å². The van der Waals surface area contributed by atoms with Crippen LogP contribution in [-0.4, -0.2) is 26.0 Å². The van der Waals surface area contributed by atoms with Crippen molar-refractivity contribution in [3.05, 3.63) is 34.4 Å². The normalized spacial score (nSPS) is 22.9. The third-order valence-electron chi connectivity index (χ3n) is 4.46. The molecule has 1 aromatic carbocycles. The van der Waals surface area contributed by atoms with Gasteiger partial charge < -0.3 is 5.32 Å². The molecule has 0 saturated carbocycles. The van der Waals surface area contributed by atoms with Crippen LogP contribution in [0.4, 0.5) is 0 Å². The summed E-state index contributed by atoms with van der Waals surface area (Å²) in [5.74, 6) is 0.358. The molecule has 2 atom stereocenters. The second-order valence-electron chi connectivity index (χ2n) is 6.05. The number of rotatable bonds is 4. The number of sulfone groups is 1. The van der Waals surface area contributed by atoms with Crippen LogP contribution < -0.4 is 5.32 Å². The fourth-order valence-corrected chi connectivity index (χ4v) is 4.73. The summed E-state index contributed by atoms with van der Waals surface area (Å²) < 4.78 is 23.7. The van der Waals surface area contributed by atoms with Gasteiger partial charge in [0.2, 0.25) is 0 Å². The van der Waals surface area contributed by atoms with Crippen molar-refractivity contribution in [2.24, 2.45) is 0 Å². The molecule has 1 aliphatic rings. The van der Waals surface area contributed by atoms with Crippen LogP contribution in [0.1, 0.15) is 48.1 Å². The molecule has 0 radical (unpaired) electrons. The Kier molecular flexibility index (Phi) is 4.55. The lowest BCUT2D eigenvalue weighted by atomic mass is 9.96. The minimum Gasteiger partial charge on any atom is -0.309 e. The zero-order chi connectivity index (χ0) is 14.9. The van der Waals surface area contributed by atoms with Crippen molar-refractivity contribution in [2.75, 3.05) is 12.3 Å². The highest BCUT2D eigenvalue weighted by molar-refractivity contribution is 7.92. The van der Waals surface area contributed by atoms with E-state index in [-0.39, 0.29) is 11.3 Å².